The van der Waals surface area contributed by atoms with Crippen LogP contribution in [0.2, 0.25) is 0 Å². The van der Waals surface area contributed by atoms with Gasteiger partial charge in [-0.25, -0.2) is 8.42 Å². The fourth-order valence-corrected chi connectivity index (χ4v) is 3.19. The Kier molecular flexibility index (Phi) is 4.30. The highest BCUT2D eigenvalue weighted by atomic mass is 35.7. The molecule has 1 aliphatic rings. The van der Waals surface area contributed by atoms with Gasteiger partial charge in [-0.05, 0) is 56.1 Å². The van der Waals surface area contributed by atoms with E-state index in [-0.39, 0.29) is 4.90 Å². The molecule has 1 aliphatic heterocycles. The van der Waals surface area contributed by atoms with Crippen molar-refractivity contribution in [3.8, 4) is 0 Å². The molecule has 0 saturated carbocycles. The molecule has 0 radical (unpaired) electrons. The number of nitrogens with zero attached hydrogens (tertiary/aromatic N) is 1. The number of benzene rings is 1. The average molecular weight is 288 g/mol. The lowest BCUT2D eigenvalue weighted by Gasteiger charge is -2.27. The van der Waals surface area contributed by atoms with Gasteiger partial charge in [-0.2, -0.15) is 0 Å². The molecular formula is C13H18ClNO2S. The average Bonchev–Trinajstić information content (AvgIpc) is 2.32. The van der Waals surface area contributed by atoms with Crippen LogP contribution in [-0.4, -0.2) is 26.4 Å². The number of aryl methyl sites for hydroxylation is 1. The summed E-state index contributed by atoms with van der Waals surface area (Å²) in [5.41, 5.74) is 2.17. The summed E-state index contributed by atoms with van der Waals surface area (Å²) in [7, 11) is 1.72. The number of halogens is 1. The van der Waals surface area contributed by atoms with Gasteiger partial charge < -0.3 is 0 Å². The SMILES string of the molecule is Cc1cc(S(=O)(=O)Cl)ccc1CN1CCCCC1. The predicted molar refractivity (Wildman–Crippen MR) is 73.3 cm³/mol. The summed E-state index contributed by atoms with van der Waals surface area (Å²) >= 11 is 0. The van der Waals surface area contributed by atoms with E-state index in [9.17, 15) is 8.42 Å². The third kappa shape index (κ3) is 3.46. The van der Waals surface area contributed by atoms with E-state index < -0.39 is 9.05 Å². The summed E-state index contributed by atoms with van der Waals surface area (Å²) < 4.78 is 22.5. The van der Waals surface area contributed by atoms with Crippen LogP contribution in [0.3, 0.4) is 0 Å². The van der Waals surface area contributed by atoms with Crippen molar-refractivity contribution in [3.05, 3.63) is 29.3 Å². The summed E-state index contributed by atoms with van der Waals surface area (Å²) in [5, 5.41) is 0. The zero-order chi connectivity index (χ0) is 13.2. The minimum Gasteiger partial charge on any atom is -0.299 e. The first kappa shape index (κ1) is 13.8. The summed E-state index contributed by atoms with van der Waals surface area (Å²) in [6, 6.07) is 5.12. The van der Waals surface area contributed by atoms with E-state index in [4.69, 9.17) is 10.7 Å². The maximum absolute atomic E-state index is 11.2. The van der Waals surface area contributed by atoms with Crippen molar-refractivity contribution < 1.29 is 8.42 Å². The van der Waals surface area contributed by atoms with Gasteiger partial charge in [-0.15, -0.1) is 0 Å². The molecule has 0 N–H and O–H groups in total. The molecule has 2 rings (SSSR count). The lowest BCUT2D eigenvalue weighted by molar-refractivity contribution is 0.220. The van der Waals surface area contributed by atoms with Crippen LogP contribution in [0.5, 0.6) is 0 Å². The van der Waals surface area contributed by atoms with Crippen molar-refractivity contribution in [2.24, 2.45) is 0 Å². The van der Waals surface area contributed by atoms with E-state index in [1.807, 2.05) is 13.0 Å². The highest BCUT2D eigenvalue weighted by molar-refractivity contribution is 8.13. The van der Waals surface area contributed by atoms with E-state index in [1.165, 1.54) is 24.8 Å². The third-order valence-electron chi connectivity index (χ3n) is 3.44. The first-order chi connectivity index (χ1) is 8.47. The lowest BCUT2D eigenvalue weighted by atomic mass is 10.1. The van der Waals surface area contributed by atoms with Gasteiger partial charge in [0.25, 0.3) is 9.05 Å². The van der Waals surface area contributed by atoms with Crippen molar-refractivity contribution in [1.82, 2.24) is 4.90 Å². The summed E-state index contributed by atoms with van der Waals surface area (Å²) in [4.78, 5) is 2.60. The molecule has 100 valence electrons. The van der Waals surface area contributed by atoms with Gasteiger partial charge >= 0.3 is 0 Å². The van der Waals surface area contributed by atoms with Crippen LogP contribution in [0.15, 0.2) is 23.1 Å². The van der Waals surface area contributed by atoms with Crippen molar-refractivity contribution >= 4 is 19.7 Å². The normalized spacial score (nSPS) is 17.9. The Balaban J connectivity index is 2.14. The zero-order valence-electron chi connectivity index (χ0n) is 10.5. The Morgan fingerprint density at radius 2 is 1.89 bits per heavy atom. The number of rotatable bonds is 3. The van der Waals surface area contributed by atoms with Crippen LogP contribution < -0.4 is 0 Å². The van der Waals surface area contributed by atoms with Crippen molar-refractivity contribution in [3.63, 3.8) is 0 Å². The molecule has 5 heteroatoms. The van der Waals surface area contributed by atoms with E-state index in [0.717, 1.165) is 25.2 Å². The van der Waals surface area contributed by atoms with E-state index in [2.05, 4.69) is 4.90 Å². The van der Waals surface area contributed by atoms with Crippen LogP contribution in [0.4, 0.5) is 0 Å². The molecule has 18 heavy (non-hydrogen) atoms. The predicted octanol–water partition coefficient (Wildman–Crippen LogP) is 2.91. The second-order valence-electron chi connectivity index (χ2n) is 4.86. The van der Waals surface area contributed by atoms with Crippen LogP contribution in [0.1, 0.15) is 30.4 Å². The molecule has 1 heterocycles. The molecule has 1 aromatic carbocycles. The first-order valence-corrected chi connectivity index (χ1v) is 8.54. The van der Waals surface area contributed by atoms with E-state index in [1.54, 1.807) is 12.1 Å². The number of likely N-dealkylation sites (tertiary alicyclic amines) is 1. The Morgan fingerprint density at radius 1 is 1.22 bits per heavy atom. The zero-order valence-corrected chi connectivity index (χ0v) is 12.1. The highest BCUT2D eigenvalue weighted by Crippen LogP contribution is 2.21. The molecule has 1 fully saturated rings. The standard InChI is InChI=1S/C13H18ClNO2S/c1-11-9-13(18(14,16)17)6-5-12(11)10-15-7-3-2-4-8-15/h5-6,9H,2-4,7-8,10H2,1H3. The Hall–Kier alpha value is -0.580. The van der Waals surface area contributed by atoms with Crippen molar-refractivity contribution in [2.45, 2.75) is 37.6 Å². The van der Waals surface area contributed by atoms with Gasteiger partial charge in [0.15, 0.2) is 0 Å². The molecular weight excluding hydrogens is 270 g/mol. The molecule has 0 spiro atoms. The number of piperidine rings is 1. The Bertz CT molecular complexity index is 522. The minimum atomic E-state index is -3.62. The highest BCUT2D eigenvalue weighted by Gasteiger charge is 2.14. The molecule has 0 aliphatic carbocycles. The second kappa shape index (κ2) is 5.59. The van der Waals surface area contributed by atoms with Gasteiger partial charge in [0.2, 0.25) is 0 Å². The van der Waals surface area contributed by atoms with Crippen LogP contribution in [-0.2, 0) is 15.6 Å². The van der Waals surface area contributed by atoms with E-state index >= 15 is 0 Å². The molecule has 0 aromatic heterocycles. The van der Waals surface area contributed by atoms with Crippen molar-refractivity contribution in [2.75, 3.05) is 13.1 Å². The second-order valence-corrected chi connectivity index (χ2v) is 7.43. The molecule has 0 atom stereocenters. The largest absolute Gasteiger partial charge is 0.299 e. The fourth-order valence-electron chi connectivity index (χ4n) is 2.36. The monoisotopic (exact) mass is 287 g/mol. The summed E-state index contributed by atoms with van der Waals surface area (Å²) in [5.74, 6) is 0. The first-order valence-electron chi connectivity index (χ1n) is 6.23. The van der Waals surface area contributed by atoms with Gasteiger partial charge in [0.1, 0.15) is 0 Å². The van der Waals surface area contributed by atoms with Crippen LogP contribution in [0.25, 0.3) is 0 Å². The van der Waals surface area contributed by atoms with Crippen LogP contribution >= 0.6 is 10.7 Å². The van der Waals surface area contributed by atoms with Crippen molar-refractivity contribution in [1.29, 1.82) is 0 Å². The molecule has 3 nitrogen and oxygen atoms in total. The minimum absolute atomic E-state index is 0.184. The molecule has 1 saturated heterocycles. The quantitative estimate of drug-likeness (QED) is 0.802. The fraction of sp³-hybridized carbons (Fsp3) is 0.538. The summed E-state index contributed by atoms with van der Waals surface area (Å²) in [6.07, 6.45) is 3.83. The third-order valence-corrected chi connectivity index (χ3v) is 4.79. The van der Waals surface area contributed by atoms with E-state index in [0.29, 0.717) is 0 Å². The van der Waals surface area contributed by atoms with Gasteiger partial charge in [0.05, 0.1) is 4.90 Å². The lowest BCUT2D eigenvalue weighted by Crippen LogP contribution is -2.29. The number of hydrogen-bond acceptors (Lipinski definition) is 3. The topological polar surface area (TPSA) is 37.4 Å². The maximum Gasteiger partial charge on any atom is 0.261 e. The van der Waals surface area contributed by atoms with Gasteiger partial charge in [0, 0.05) is 17.2 Å². The van der Waals surface area contributed by atoms with Gasteiger partial charge in [-0.1, -0.05) is 12.5 Å². The molecule has 0 bridgehead atoms. The Labute approximate surface area is 113 Å². The molecule has 0 amide bonds. The smallest absolute Gasteiger partial charge is 0.261 e. The summed E-state index contributed by atoms with van der Waals surface area (Å²) in [6.45, 7) is 5.10. The number of hydrogen-bond donors (Lipinski definition) is 0. The Morgan fingerprint density at radius 3 is 2.44 bits per heavy atom. The maximum atomic E-state index is 11.2. The van der Waals surface area contributed by atoms with Crippen LogP contribution in [0, 0.1) is 6.92 Å². The molecule has 1 aromatic rings. The molecule has 0 unspecified atom stereocenters. The van der Waals surface area contributed by atoms with Gasteiger partial charge in [-0.3, -0.25) is 4.90 Å².